The smallest absolute Gasteiger partial charge is 0.192 e. The van der Waals surface area contributed by atoms with Gasteiger partial charge in [-0.2, -0.15) is 0 Å². The quantitative estimate of drug-likeness (QED) is 0.712. The molecule has 0 spiro atoms. The first-order valence-electron chi connectivity index (χ1n) is 6.12. The van der Waals surface area contributed by atoms with Gasteiger partial charge in [0.2, 0.25) is 0 Å². The van der Waals surface area contributed by atoms with Crippen molar-refractivity contribution in [1.82, 2.24) is 0 Å². The summed E-state index contributed by atoms with van der Waals surface area (Å²) >= 11 is 0. The van der Waals surface area contributed by atoms with Crippen molar-refractivity contribution in [3.05, 3.63) is 0 Å². The third-order valence-corrected chi connectivity index (χ3v) is 8.29. The summed E-state index contributed by atoms with van der Waals surface area (Å²) in [5.41, 5.74) is 0. The van der Waals surface area contributed by atoms with Gasteiger partial charge in [0, 0.05) is 12.5 Å². The molecule has 0 aliphatic carbocycles. The van der Waals surface area contributed by atoms with Crippen LogP contribution in [0.4, 0.5) is 0 Å². The lowest BCUT2D eigenvalue weighted by atomic mass is 10.1. The first-order valence-corrected chi connectivity index (χ1v) is 8.65. The van der Waals surface area contributed by atoms with Crippen molar-refractivity contribution in [3.63, 3.8) is 0 Å². The van der Waals surface area contributed by atoms with E-state index >= 15 is 0 Å². The average Bonchev–Trinajstić information content (AvgIpc) is 2.29. The second-order valence-electron chi connectivity index (χ2n) is 4.59. The Hall–Kier alpha value is 0.0969. The van der Waals surface area contributed by atoms with E-state index in [9.17, 15) is 5.11 Å². The minimum atomic E-state index is -1.47. The Morgan fingerprint density at radius 2 is 2.07 bits per heavy atom. The molecule has 2 atom stereocenters. The molecule has 1 saturated heterocycles. The SMILES string of the molecule is CC[Si]1(CC)CCCC(CC(O)CO)O1. The summed E-state index contributed by atoms with van der Waals surface area (Å²) in [5, 5.41) is 18.2. The lowest BCUT2D eigenvalue weighted by Crippen LogP contribution is -2.45. The van der Waals surface area contributed by atoms with Crippen LogP contribution in [-0.2, 0) is 4.43 Å². The number of aliphatic hydroxyl groups is 2. The molecular formula is C11H24O3Si. The largest absolute Gasteiger partial charge is 0.414 e. The van der Waals surface area contributed by atoms with Gasteiger partial charge in [-0.1, -0.05) is 20.3 Å². The monoisotopic (exact) mass is 232 g/mol. The zero-order valence-corrected chi connectivity index (χ0v) is 10.9. The van der Waals surface area contributed by atoms with Gasteiger partial charge in [-0.15, -0.1) is 0 Å². The van der Waals surface area contributed by atoms with Crippen molar-refractivity contribution in [2.45, 2.75) is 63.5 Å². The summed E-state index contributed by atoms with van der Waals surface area (Å²) in [6.07, 6.45) is 2.47. The molecule has 90 valence electrons. The molecule has 1 aliphatic heterocycles. The van der Waals surface area contributed by atoms with Gasteiger partial charge in [-0.3, -0.25) is 0 Å². The fourth-order valence-electron chi connectivity index (χ4n) is 2.44. The van der Waals surface area contributed by atoms with E-state index < -0.39 is 14.4 Å². The van der Waals surface area contributed by atoms with Gasteiger partial charge in [0.05, 0.1) is 12.7 Å². The Morgan fingerprint density at radius 3 is 2.60 bits per heavy atom. The van der Waals surface area contributed by atoms with E-state index in [4.69, 9.17) is 9.53 Å². The highest BCUT2D eigenvalue weighted by Crippen LogP contribution is 2.33. The Bertz CT molecular complexity index is 183. The normalized spacial score (nSPS) is 27.6. The van der Waals surface area contributed by atoms with Gasteiger partial charge in [-0.05, 0) is 24.6 Å². The Labute approximate surface area is 93.6 Å². The average molecular weight is 232 g/mol. The van der Waals surface area contributed by atoms with Crippen LogP contribution in [0.2, 0.25) is 18.1 Å². The summed E-state index contributed by atoms with van der Waals surface area (Å²) in [6.45, 7) is 4.30. The number of hydrogen-bond acceptors (Lipinski definition) is 3. The van der Waals surface area contributed by atoms with Crippen LogP contribution < -0.4 is 0 Å². The van der Waals surface area contributed by atoms with Crippen LogP contribution in [-0.4, -0.2) is 37.3 Å². The Morgan fingerprint density at radius 1 is 1.40 bits per heavy atom. The summed E-state index contributed by atoms with van der Waals surface area (Å²) in [5.74, 6) is 0. The van der Waals surface area contributed by atoms with Crippen LogP contribution in [0.5, 0.6) is 0 Å². The van der Waals surface area contributed by atoms with Crippen LogP contribution in [0.15, 0.2) is 0 Å². The van der Waals surface area contributed by atoms with Crippen molar-refractivity contribution in [2.75, 3.05) is 6.61 Å². The Balaban J connectivity index is 2.47. The van der Waals surface area contributed by atoms with Crippen molar-refractivity contribution in [1.29, 1.82) is 0 Å². The topological polar surface area (TPSA) is 49.7 Å². The highest BCUT2D eigenvalue weighted by Gasteiger charge is 2.37. The van der Waals surface area contributed by atoms with Gasteiger partial charge in [0.1, 0.15) is 0 Å². The fourth-order valence-corrected chi connectivity index (χ4v) is 5.87. The van der Waals surface area contributed by atoms with Gasteiger partial charge in [0.25, 0.3) is 0 Å². The molecule has 1 rings (SSSR count). The van der Waals surface area contributed by atoms with E-state index in [-0.39, 0.29) is 12.7 Å². The molecule has 3 nitrogen and oxygen atoms in total. The molecule has 4 heteroatoms. The van der Waals surface area contributed by atoms with E-state index in [1.165, 1.54) is 24.6 Å². The third-order valence-electron chi connectivity index (χ3n) is 3.61. The highest BCUT2D eigenvalue weighted by molar-refractivity contribution is 6.73. The molecule has 1 heterocycles. The van der Waals surface area contributed by atoms with Gasteiger partial charge in [-0.25, -0.2) is 0 Å². The van der Waals surface area contributed by atoms with Crippen LogP contribution in [0, 0.1) is 0 Å². The lowest BCUT2D eigenvalue weighted by Gasteiger charge is -2.39. The highest BCUT2D eigenvalue weighted by atomic mass is 28.4. The van der Waals surface area contributed by atoms with E-state index in [2.05, 4.69) is 13.8 Å². The van der Waals surface area contributed by atoms with Crippen LogP contribution >= 0.6 is 0 Å². The molecule has 2 N–H and O–H groups in total. The lowest BCUT2D eigenvalue weighted by molar-refractivity contribution is 0.0386. The molecule has 0 aromatic carbocycles. The van der Waals surface area contributed by atoms with E-state index in [1.807, 2.05) is 0 Å². The number of aliphatic hydroxyl groups excluding tert-OH is 2. The maximum absolute atomic E-state index is 9.41. The van der Waals surface area contributed by atoms with Crippen molar-refractivity contribution >= 4 is 8.32 Å². The summed E-state index contributed by atoms with van der Waals surface area (Å²) in [6, 6.07) is 3.62. The molecule has 1 fully saturated rings. The number of hydrogen-bond donors (Lipinski definition) is 2. The second-order valence-corrected chi connectivity index (χ2v) is 9.11. The van der Waals surface area contributed by atoms with Crippen LogP contribution in [0.25, 0.3) is 0 Å². The van der Waals surface area contributed by atoms with Gasteiger partial charge >= 0.3 is 0 Å². The fraction of sp³-hybridized carbons (Fsp3) is 1.00. The summed E-state index contributed by atoms with van der Waals surface area (Å²) in [4.78, 5) is 0. The molecule has 1 aliphatic rings. The van der Waals surface area contributed by atoms with E-state index in [0.717, 1.165) is 6.42 Å². The molecule has 0 radical (unpaired) electrons. The van der Waals surface area contributed by atoms with Gasteiger partial charge in [0.15, 0.2) is 8.32 Å². The number of rotatable bonds is 5. The third kappa shape index (κ3) is 3.55. The Kier molecular flexibility index (Phi) is 5.25. The second kappa shape index (κ2) is 5.99. The zero-order chi connectivity index (χ0) is 11.3. The molecule has 0 aromatic heterocycles. The molecule has 0 amide bonds. The standard InChI is InChI=1S/C11H24O3Si/c1-3-15(4-2)7-5-6-11(14-15)8-10(13)9-12/h10-13H,3-9H2,1-2H3. The minimum Gasteiger partial charge on any atom is -0.414 e. The molecule has 2 unspecified atom stereocenters. The van der Waals surface area contributed by atoms with Crippen molar-refractivity contribution in [2.24, 2.45) is 0 Å². The maximum Gasteiger partial charge on any atom is 0.192 e. The molecular weight excluding hydrogens is 208 g/mol. The first-order chi connectivity index (χ1) is 7.15. The molecule has 15 heavy (non-hydrogen) atoms. The first kappa shape index (κ1) is 13.2. The summed E-state index contributed by atoms with van der Waals surface area (Å²) in [7, 11) is -1.47. The summed E-state index contributed by atoms with van der Waals surface area (Å²) < 4.78 is 6.21. The zero-order valence-electron chi connectivity index (χ0n) is 9.91. The molecule has 0 aromatic rings. The van der Waals surface area contributed by atoms with Crippen LogP contribution in [0.1, 0.15) is 33.1 Å². The minimum absolute atomic E-state index is 0.146. The van der Waals surface area contributed by atoms with E-state index in [1.54, 1.807) is 0 Å². The van der Waals surface area contributed by atoms with E-state index in [0.29, 0.717) is 6.42 Å². The van der Waals surface area contributed by atoms with Crippen LogP contribution in [0.3, 0.4) is 0 Å². The predicted octanol–water partition coefficient (Wildman–Crippen LogP) is 1.89. The molecule has 0 saturated carbocycles. The predicted molar refractivity (Wildman–Crippen MR) is 63.3 cm³/mol. The van der Waals surface area contributed by atoms with Crippen molar-refractivity contribution < 1.29 is 14.6 Å². The van der Waals surface area contributed by atoms with Gasteiger partial charge < -0.3 is 14.6 Å². The maximum atomic E-state index is 9.41. The van der Waals surface area contributed by atoms with Crippen molar-refractivity contribution in [3.8, 4) is 0 Å². The molecule has 0 bridgehead atoms.